The van der Waals surface area contributed by atoms with Crippen molar-refractivity contribution >= 4 is 23.2 Å². The van der Waals surface area contributed by atoms with Crippen molar-refractivity contribution in [1.29, 1.82) is 0 Å². The highest BCUT2D eigenvalue weighted by Crippen LogP contribution is 2.49. The molecule has 1 saturated heterocycles. The molecule has 0 aromatic carbocycles. The number of carboxylic acids is 1. The number of fused-ring (bicyclic) bond motifs is 2. The molecule has 3 aliphatic rings. The molecule has 0 radical (unpaired) electrons. The van der Waals surface area contributed by atoms with Gasteiger partial charge in [-0.05, 0) is 30.4 Å². The summed E-state index contributed by atoms with van der Waals surface area (Å²) in [4.78, 5) is 28.2. The third kappa shape index (κ3) is 2.01. The molecule has 2 aliphatic heterocycles. The third-order valence-electron chi connectivity index (χ3n) is 5.42. The van der Waals surface area contributed by atoms with Crippen molar-refractivity contribution in [1.82, 2.24) is 4.90 Å². The van der Waals surface area contributed by atoms with Crippen molar-refractivity contribution in [3.8, 4) is 0 Å². The molecule has 1 aliphatic carbocycles. The Bertz CT molecular complexity index is 617. The summed E-state index contributed by atoms with van der Waals surface area (Å²) in [6, 6.07) is 1.93. The number of nitrogens with zero attached hydrogens (tertiary/aromatic N) is 1. The molecule has 6 heteroatoms. The number of ether oxygens (including phenoxy) is 1. The maximum atomic E-state index is 12.8. The molecular weight excluding hydrogens is 302 g/mol. The number of likely N-dealkylation sites (tertiary alicyclic amines) is 1. The van der Waals surface area contributed by atoms with Gasteiger partial charge in [-0.25, -0.2) is 0 Å². The molecule has 1 amide bonds. The van der Waals surface area contributed by atoms with Gasteiger partial charge in [-0.3, -0.25) is 9.59 Å². The lowest BCUT2D eigenvalue weighted by Gasteiger charge is -2.23. The van der Waals surface area contributed by atoms with E-state index in [1.54, 1.807) is 16.2 Å². The van der Waals surface area contributed by atoms with Gasteiger partial charge in [0.05, 0.1) is 23.5 Å². The van der Waals surface area contributed by atoms with E-state index in [-0.39, 0.29) is 11.8 Å². The van der Waals surface area contributed by atoms with Gasteiger partial charge in [0.15, 0.2) is 0 Å². The topological polar surface area (TPSA) is 66.8 Å². The predicted octanol–water partition coefficient (Wildman–Crippen LogP) is 2.15. The first-order chi connectivity index (χ1) is 10.6. The zero-order valence-corrected chi connectivity index (χ0v) is 13.2. The smallest absolute Gasteiger partial charge is 0.311 e. The Labute approximate surface area is 132 Å². The van der Waals surface area contributed by atoms with E-state index < -0.39 is 11.4 Å². The fourth-order valence-electron chi connectivity index (χ4n) is 4.20. The summed E-state index contributed by atoms with van der Waals surface area (Å²) in [6.45, 7) is 2.25. The normalized spacial score (nSPS) is 30.2. The summed E-state index contributed by atoms with van der Waals surface area (Å²) >= 11 is 1.55. The van der Waals surface area contributed by atoms with Crippen molar-refractivity contribution in [3.63, 3.8) is 0 Å². The summed E-state index contributed by atoms with van der Waals surface area (Å²) in [6.07, 6.45) is 3.45. The summed E-state index contributed by atoms with van der Waals surface area (Å²) in [5.41, 5.74) is 0.419. The van der Waals surface area contributed by atoms with Gasteiger partial charge < -0.3 is 14.7 Å². The number of carbonyl (C=O) groups excluding carboxylic acids is 1. The summed E-state index contributed by atoms with van der Waals surface area (Å²) < 4.78 is 5.43. The zero-order valence-electron chi connectivity index (χ0n) is 12.3. The van der Waals surface area contributed by atoms with Crippen LogP contribution in [-0.4, -0.2) is 41.6 Å². The fourth-order valence-corrected chi connectivity index (χ4v) is 5.32. The first kappa shape index (κ1) is 14.2. The highest BCUT2D eigenvalue weighted by Gasteiger charge is 2.55. The maximum absolute atomic E-state index is 12.8. The Kier molecular flexibility index (Phi) is 3.27. The van der Waals surface area contributed by atoms with Crippen LogP contribution in [0.4, 0.5) is 0 Å². The molecule has 1 N–H and O–H groups in total. The molecular formula is C16H19NO4S. The minimum absolute atomic E-state index is 0.00516. The number of amides is 1. The minimum atomic E-state index is -0.732. The molecule has 0 unspecified atom stereocenters. The highest BCUT2D eigenvalue weighted by molar-refractivity contribution is 7.14. The largest absolute Gasteiger partial charge is 0.481 e. The van der Waals surface area contributed by atoms with Crippen LogP contribution in [0.5, 0.6) is 0 Å². The van der Waals surface area contributed by atoms with Crippen molar-refractivity contribution in [2.75, 3.05) is 19.7 Å². The van der Waals surface area contributed by atoms with Crippen LogP contribution in [0, 0.1) is 11.3 Å². The van der Waals surface area contributed by atoms with E-state index in [0.29, 0.717) is 26.1 Å². The number of aliphatic carboxylic acids is 1. The van der Waals surface area contributed by atoms with E-state index in [2.05, 4.69) is 0 Å². The molecule has 0 spiro atoms. The van der Waals surface area contributed by atoms with Crippen molar-refractivity contribution in [2.45, 2.75) is 32.3 Å². The lowest BCUT2D eigenvalue weighted by atomic mass is 9.81. The van der Waals surface area contributed by atoms with Crippen LogP contribution in [-0.2, 0) is 22.6 Å². The van der Waals surface area contributed by atoms with Gasteiger partial charge in [-0.1, -0.05) is 6.42 Å². The first-order valence-corrected chi connectivity index (χ1v) is 8.64. The lowest BCUT2D eigenvalue weighted by Crippen LogP contribution is -2.37. The van der Waals surface area contributed by atoms with Gasteiger partial charge in [-0.2, -0.15) is 0 Å². The summed E-state index contributed by atoms with van der Waals surface area (Å²) in [5.74, 6) is -0.620. The molecule has 3 heterocycles. The molecule has 1 aromatic rings. The van der Waals surface area contributed by atoms with Crippen molar-refractivity contribution in [3.05, 3.63) is 21.4 Å². The Morgan fingerprint density at radius 3 is 3.05 bits per heavy atom. The van der Waals surface area contributed by atoms with Gasteiger partial charge in [0.25, 0.3) is 5.91 Å². The van der Waals surface area contributed by atoms with Crippen LogP contribution in [0.25, 0.3) is 0 Å². The molecule has 5 nitrogen and oxygen atoms in total. The van der Waals surface area contributed by atoms with Crippen LogP contribution in [0.15, 0.2) is 6.07 Å². The number of carbonyl (C=O) groups is 2. The zero-order chi connectivity index (χ0) is 15.3. The molecule has 4 rings (SSSR count). The van der Waals surface area contributed by atoms with Gasteiger partial charge >= 0.3 is 5.97 Å². The molecule has 2 atom stereocenters. The third-order valence-corrected chi connectivity index (χ3v) is 6.65. The average molecular weight is 321 g/mol. The molecule has 118 valence electrons. The van der Waals surface area contributed by atoms with E-state index in [1.165, 1.54) is 4.88 Å². The van der Waals surface area contributed by atoms with E-state index >= 15 is 0 Å². The van der Waals surface area contributed by atoms with E-state index in [9.17, 15) is 14.7 Å². The molecule has 1 aromatic heterocycles. The standard InChI is InChI=1S/C16H19NO4S/c18-14(13-6-10-8-21-5-3-12(10)22-13)17-7-11-2-1-4-16(11,9-17)15(19)20/h6,11H,1-5,7-9H2,(H,19,20)/t11-,16+/m0/s1. The van der Waals surface area contributed by atoms with Crippen LogP contribution >= 0.6 is 11.3 Å². The minimum Gasteiger partial charge on any atom is -0.481 e. The van der Waals surface area contributed by atoms with Gasteiger partial charge in [0.2, 0.25) is 0 Å². The first-order valence-electron chi connectivity index (χ1n) is 7.82. The molecule has 22 heavy (non-hydrogen) atoms. The van der Waals surface area contributed by atoms with Crippen LogP contribution in [0.1, 0.15) is 39.4 Å². The highest BCUT2D eigenvalue weighted by atomic mass is 32.1. The van der Waals surface area contributed by atoms with Gasteiger partial charge in [0, 0.05) is 24.4 Å². The predicted molar refractivity (Wildman–Crippen MR) is 81.0 cm³/mol. The summed E-state index contributed by atoms with van der Waals surface area (Å²) in [7, 11) is 0. The monoisotopic (exact) mass is 321 g/mol. The molecule has 2 fully saturated rings. The second-order valence-corrected chi connectivity index (χ2v) is 7.73. The van der Waals surface area contributed by atoms with Crippen LogP contribution in [0.3, 0.4) is 0 Å². The van der Waals surface area contributed by atoms with E-state index in [4.69, 9.17) is 4.74 Å². The Hall–Kier alpha value is -1.40. The van der Waals surface area contributed by atoms with Crippen molar-refractivity contribution < 1.29 is 19.4 Å². The Balaban J connectivity index is 1.57. The Morgan fingerprint density at radius 2 is 2.32 bits per heavy atom. The lowest BCUT2D eigenvalue weighted by molar-refractivity contribution is -0.149. The number of carboxylic acid groups (broad SMARTS) is 1. The average Bonchev–Trinajstić information content (AvgIpc) is 3.17. The van der Waals surface area contributed by atoms with Crippen LogP contribution < -0.4 is 0 Å². The van der Waals surface area contributed by atoms with Crippen LogP contribution in [0.2, 0.25) is 0 Å². The van der Waals surface area contributed by atoms with Crippen molar-refractivity contribution in [2.24, 2.45) is 11.3 Å². The molecule has 0 bridgehead atoms. The maximum Gasteiger partial charge on any atom is 0.311 e. The fraction of sp³-hybridized carbons (Fsp3) is 0.625. The van der Waals surface area contributed by atoms with E-state index in [1.807, 2.05) is 6.07 Å². The Morgan fingerprint density at radius 1 is 1.45 bits per heavy atom. The van der Waals surface area contributed by atoms with Gasteiger partial charge in [0.1, 0.15) is 0 Å². The molecule has 1 saturated carbocycles. The second kappa shape index (κ2) is 5.06. The summed E-state index contributed by atoms with van der Waals surface area (Å²) in [5, 5.41) is 9.63. The number of hydrogen-bond donors (Lipinski definition) is 1. The van der Waals surface area contributed by atoms with E-state index in [0.717, 1.165) is 36.3 Å². The quantitative estimate of drug-likeness (QED) is 0.906. The van der Waals surface area contributed by atoms with Gasteiger partial charge in [-0.15, -0.1) is 11.3 Å². The number of thiophene rings is 1. The number of rotatable bonds is 2. The number of hydrogen-bond acceptors (Lipinski definition) is 4. The SMILES string of the molecule is O=C(c1cc2c(s1)CCOC2)N1C[C@@H]2CCC[C@@]2(C(=O)O)C1. The second-order valence-electron chi connectivity index (χ2n) is 6.60.